The van der Waals surface area contributed by atoms with Gasteiger partial charge in [0.2, 0.25) is 0 Å². The maximum absolute atomic E-state index is 13.6. The molecular weight excluding hydrogens is 495 g/mol. The summed E-state index contributed by atoms with van der Waals surface area (Å²) in [6.45, 7) is 6.74. The Morgan fingerprint density at radius 1 is 1.28 bits per heavy atom. The van der Waals surface area contributed by atoms with Crippen molar-refractivity contribution >= 4 is 21.6 Å². The molecule has 1 aromatic carbocycles. The second-order valence-corrected chi connectivity index (χ2v) is 11.2. The fourth-order valence-corrected chi connectivity index (χ4v) is 6.78. The highest BCUT2D eigenvalue weighted by Gasteiger charge is 2.38. The van der Waals surface area contributed by atoms with Gasteiger partial charge in [-0.2, -0.15) is 13.2 Å². The lowest BCUT2D eigenvalue weighted by Gasteiger charge is -2.44. The minimum absolute atomic E-state index is 0.0548. The van der Waals surface area contributed by atoms with E-state index in [4.69, 9.17) is 0 Å². The Morgan fingerprint density at radius 3 is 2.61 bits per heavy atom. The molecule has 3 atom stereocenters. The van der Waals surface area contributed by atoms with Crippen LogP contribution in [0, 0.1) is 0 Å². The summed E-state index contributed by atoms with van der Waals surface area (Å²) >= 11 is 0. The summed E-state index contributed by atoms with van der Waals surface area (Å²) in [5.41, 5.74) is 0.562. The Morgan fingerprint density at radius 2 is 2.03 bits per heavy atom. The van der Waals surface area contributed by atoms with E-state index in [9.17, 15) is 31.5 Å². The smallest absolute Gasteiger partial charge is 0.417 e. The quantitative estimate of drug-likeness (QED) is 0.547. The van der Waals surface area contributed by atoms with Crippen LogP contribution in [0.4, 0.5) is 19.0 Å². The van der Waals surface area contributed by atoms with Crippen molar-refractivity contribution in [1.82, 2.24) is 9.88 Å². The van der Waals surface area contributed by atoms with Gasteiger partial charge in [-0.1, -0.05) is 19.1 Å². The minimum Gasteiger partial charge on any atom is -0.481 e. The molecule has 11 heteroatoms. The number of rotatable bonds is 7. The van der Waals surface area contributed by atoms with E-state index < -0.39 is 38.8 Å². The first-order valence-corrected chi connectivity index (χ1v) is 13.3. The predicted molar refractivity (Wildman–Crippen MR) is 129 cm³/mol. The number of aryl methyl sites for hydroxylation is 1. The Hall–Kier alpha value is -2.92. The molecule has 1 aliphatic heterocycles. The summed E-state index contributed by atoms with van der Waals surface area (Å²) in [6.07, 6.45) is -0.628. The molecule has 36 heavy (non-hydrogen) atoms. The number of anilines is 1. The molecule has 0 saturated carbocycles. The predicted octanol–water partition coefficient (Wildman–Crippen LogP) is 4.10. The second kappa shape index (κ2) is 9.85. The number of halogens is 3. The number of benzene rings is 1. The Labute approximate surface area is 208 Å². The van der Waals surface area contributed by atoms with E-state index in [0.29, 0.717) is 50.3 Å². The number of carbonyl (C=O) groups is 1. The van der Waals surface area contributed by atoms with Crippen molar-refractivity contribution in [3.05, 3.63) is 65.9 Å². The zero-order valence-electron chi connectivity index (χ0n) is 19.8. The van der Waals surface area contributed by atoms with Crippen LogP contribution in [0.15, 0.2) is 54.1 Å². The number of pyridine rings is 1. The molecule has 2 aromatic rings. The molecule has 3 unspecified atom stereocenters. The van der Waals surface area contributed by atoms with E-state index >= 15 is 0 Å². The normalized spacial score (nSPS) is 21.7. The van der Waals surface area contributed by atoms with Gasteiger partial charge < -0.3 is 10.0 Å². The number of carboxylic acid groups (broad SMARTS) is 1. The maximum Gasteiger partial charge on any atom is 0.417 e. The molecule has 2 aliphatic rings. The second-order valence-electron chi connectivity index (χ2n) is 9.11. The first-order chi connectivity index (χ1) is 17.0. The first kappa shape index (κ1) is 26.2. The van der Waals surface area contributed by atoms with Crippen LogP contribution in [-0.4, -0.2) is 60.4 Å². The SMILES string of the molecule is C=CC(N1CCN(c2ccc(C(F)(F)F)cn2)C(CC)C1)S(=O)(=O)c1ccc2c(c1)C(C(=O)O)CC2. The van der Waals surface area contributed by atoms with Crippen LogP contribution in [0.5, 0.6) is 0 Å². The van der Waals surface area contributed by atoms with Gasteiger partial charge >= 0.3 is 12.1 Å². The number of piperazine rings is 1. The number of hydrogen-bond acceptors (Lipinski definition) is 6. The van der Waals surface area contributed by atoms with Gasteiger partial charge in [-0.05, 0) is 54.7 Å². The third-order valence-corrected chi connectivity index (χ3v) is 9.09. The molecule has 0 amide bonds. The van der Waals surface area contributed by atoms with E-state index in [2.05, 4.69) is 11.6 Å². The Kier molecular flexibility index (Phi) is 7.16. The lowest BCUT2D eigenvalue weighted by molar-refractivity contribution is -0.139. The highest BCUT2D eigenvalue weighted by atomic mass is 32.2. The van der Waals surface area contributed by atoms with Crippen molar-refractivity contribution < 1.29 is 31.5 Å². The summed E-state index contributed by atoms with van der Waals surface area (Å²) in [7, 11) is -3.90. The molecule has 194 valence electrons. The Balaban J connectivity index is 1.56. The highest BCUT2D eigenvalue weighted by molar-refractivity contribution is 7.92. The van der Waals surface area contributed by atoms with Crippen LogP contribution in [0.1, 0.15) is 42.4 Å². The average Bonchev–Trinajstić information content (AvgIpc) is 3.27. The first-order valence-electron chi connectivity index (χ1n) is 11.7. The minimum atomic E-state index is -4.47. The van der Waals surface area contributed by atoms with Crippen molar-refractivity contribution in [1.29, 1.82) is 0 Å². The molecule has 2 heterocycles. The summed E-state index contributed by atoms with van der Waals surface area (Å²) in [5.74, 6) is -1.28. The maximum atomic E-state index is 13.6. The lowest BCUT2D eigenvalue weighted by atomic mass is 10.0. The van der Waals surface area contributed by atoms with Gasteiger partial charge in [0.15, 0.2) is 9.84 Å². The van der Waals surface area contributed by atoms with Crippen LogP contribution in [-0.2, 0) is 27.2 Å². The molecule has 1 saturated heterocycles. The number of nitrogens with zero attached hydrogens (tertiary/aromatic N) is 3. The number of sulfone groups is 1. The summed E-state index contributed by atoms with van der Waals surface area (Å²) < 4.78 is 66.0. The van der Waals surface area contributed by atoms with Gasteiger partial charge in [0, 0.05) is 31.9 Å². The monoisotopic (exact) mass is 523 g/mol. The number of carboxylic acids is 1. The summed E-state index contributed by atoms with van der Waals surface area (Å²) in [6, 6.07) is 6.86. The van der Waals surface area contributed by atoms with E-state index in [1.807, 2.05) is 11.8 Å². The van der Waals surface area contributed by atoms with E-state index in [-0.39, 0.29) is 10.9 Å². The van der Waals surface area contributed by atoms with Crippen LogP contribution in [0.25, 0.3) is 0 Å². The van der Waals surface area contributed by atoms with Gasteiger partial charge in [0.1, 0.15) is 11.2 Å². The molecule has 1 fully saturated rings. The molecule has 0 spiro atoms. The van der Waals surface area contributed by atoms with Crippen LogP contribution < -0.4 is 4.90 Å². The fourth-order valence-electron chi connectivity index (χ4n) is 5.11. The fraction of sp³-hybridized carbons (Fsp3) is 0.440. The average molecular weight is 524 g/mol. The number of fused-ring (bicyclic) bond motifs is 1. The standard InChI is InChI=1S/C25H28F3N3O4S/c1-3-18-15-30(11-12-31(18)22-10-7-17(14-29-22)25(26,27)28)23(4-2)36(34,35)19-8-5-16-6-9-20(24(32)33)21(16)13-19/h4-5,7-8,10,13-14,18,20,23H,2-3,6,9,11-12,15H2,1H3,(H,32,33). The van der Waals surface area contributed by atoms with Crippen molar-refractivity contribution in [2.24, 2.45) is 0 Å². The Bertz CT molecular complexity index is 1250. The number of hydrogen-bond donors (Lipinski definition) is 1. The highest BCUT2D eigenvalue weighted by Crippen LogP contribution is 2.36. The summed E-state index contributed by atoms with van der Waals surface area (Å²) in [4.78, 5) is 19.4. The molecule has 1 N–H and O–H groups in total. The van der Waals surface area contributed by atoms with E-state index in [0.717, 1.165) is 17.8 Å². The topological polar surface area (TPSA) is 90.8 Å². The third kappa shape index (κ3) is 4.86. The van der Waals surface area contributed by atoms with Crippen molar-refractivity contribution in [3.63, 3.8) is 0 Å². The largest absolute Gasteiger partial charge is 0.481 e. The molecule has 0 bridgehead atoms. The van der Waals surface area contributed by atoms with Crippen LogP contribution in [0.3, 0.4) is 0 Å². The molecule has 0 radical (unpaired) electrons. The van der Waals surface area contributed by atoms with Crippen LogP contribution in [0.2, 0.25) is 0 Å². The van der Waals surface area contributed by atoms with Gasteiger partial charge in [-0.15, -0.1) is 6.58 Å². The molecular formula is C25H28F3N3O4S. The molecule has 4 rings (SSSR count). The molecule has 7 nitrogen and oxygen atoms in total. The third-order valence-electron chi connectivity index (χ3n) is 7.06. The number of aromatic nitrogens is 1. The number of alkyl halides is 3. The van der Waals surface area contributed by atoms with Gasteiger partial charge in [0.05, 0.1) is 16.4 Å². The summed E-state index contributed by atoms with van der Waals surface area (Å²) in [5, 5.41) is 8.47. The molecule has 1 aliphatic carbocycles. The van der Waals surface area contributed by atoms with Crippen LogP contribution >= 0.6 is 0 Å². The molecule has 1 aromatic heterocycles. The number of aliphatic carboxylic acids is 1. The van der Waals surface area contributed by atoms with E-state index in [1.54, 1.807) is 11.0 Å². The van der Waals surface area contributed by atoms with Gasteiger partial charge in [-0.25, -0.2) is 13.4 Å². The van der Waals surface area contributed by atoms with E-state index in [1.165, 1.54) is 24.3 Å². The lowest BCUT2D eigenvalue weighted by Crippen LogP contribution is -2.57. The van der Waals surface area contributed by atoms with Crippen molar-refractivity contribution in [2.75, 3.05) is 24.5 Å². The van der Waals surface area contributed by atoms with Crippen molar-refractivity contribution in [3.8, 4) is 0 Å². The zero-order valence-corrected chi connectivity index (χ0v) is 20.6. The van der Waals surface area contributed by atoms with Gasteiger partial charge in [0.25, 0.3) is 0 Å². The zero-order chi connectivity index (χ0) is 26.3. The van der Waals surface area contributed by atoms with Crippen molar-refractivity contribution in [2.45, 2.75) is 54.6 Å². The van der Waals surface area contributed by atoms with Gasteiger partial charge in [-0.3, -0.25) is 9.69 Å².